The van der Waals surface area contributed by atoms with Crippen molar-refractivity contribution in [1.29, 1.82) is 0 Å². The van der Waals surface area contributed by atoms with Crippen molar-refractivity contribution in [2.75, 3.05) is 37.7 Å². The Morgan fingerprint density at radius 3 is 2.39 bits per heavy atom. The number of hydrogen-bond donors (Lipinski definition) is 1. The summed E-state index contributed by atoms with van der Waals surface area (Å²) in [4.78, 5) is 28.4. The Labute approximate surface area is 163 Å². The molecule has 0 bridgehead atoms. The lowest BCUT2D eigenvalue weighted by Crippen LogP contribution is -2.52. The first-order valence-electron chi connectivity index (χ1n) is 9.37. The number of para-hydroxylation sites is 1. The molecule has 0 spiro atoms. The summed E-state index contributed by atoms with van der Waals surface area (Å²) in [5, 5.41) is 2.86. The van der Waals surface area contributed by atoms with Gasteiger partial charge in [-0.15, -0.1) is 0 Å². The summed E-state index contributed by atoms with van der Waals surface area (Å²) in [6.07, 6.45) is 0. The molecule has 148 valence electrons. The second kappa shape index (κ2) is 9.21. The Morgan fingerprint density at radius 2 is 1.71 bits per heavy atom. The molecule has 2 aromatic rings. The van der Waals surface area contributed by atoms with Crippen molar-refractivity contribution in [2.45, 2.75) is 13.5 Å². The van der Waals surface area contributed by atoms with Crippen molar-refractivity contribution in [3.8, 4) is 0 Å². The largest absolute Gasteiger partial charge is 0.462 e. The van der Waals surface area contributed by atoms with Crippen LogP contribution < -0.4 is 10.2 Å². The standard InChI is InChI=1S/C21H24FN3O3/c1-2-28-20(26)18-5-3-4-6-19(18)24-11-13-25(14-12-24)21(27)23-15-16-7-9-17(22)10-8-16/h3-10H,2,11-15H2,1H3,(H,23,27). The van der Waals surface area contributed by atoms with Crippen LogP contribution in [0.1, 0.15) is 22.8 Å². The van der Waals surface area contributed by atoms with Crippen LogP contribution in [0.5, 0.6) is 0 Å². The molecule has 1 heterocycles. The number of amides is 2. The number of nitrogens with zero attached hydrogens (tertiary/aromatic N) is 2. The van der Waals surface area contributed by atoms with Crippen LogP contribution in [0.4, 0.5) is 14.9 Å². The number of piperazine rings is 1. The number of nitrogens with one attached hydrogen (secondary N) is 1. The summed E-state index contributed by atoms with van der Waals surface area (Å²) in [5.41, 5.74) is 2.21. The molecule has 28 heavy (non-hydrogen) atoms. The Bertz CT molecular complexity index is 818. The molecule has 6 nitrogen and oxygen atoms in total. The fourth-order valence-electron chi connectivity index (χ4n) is 3.17. The number of rotatable bonds is 5. The number of anilines is 1. The second-order valence-electron chi connectivity index (χ2n) is 6.50. The Balaban J connectivity index is 1.55. The Kier molecular flexibility index (Phi) is 6.47. The highest BCUT2D eigenvalue weighted by Gasteiger charge is 2.24. The molecule has 7 heteroatoms. The first-order valence-corrected chi connectivity index (χ1v) is 9.37. The lowest BCUT2D eigenvalue weighted by Gasteiger charge is -2.36. The van der Waals surface area contributed by atoms with Gasteiger partial charge in [0.05, 0.1) is 17.9 Å². The van der Waals surface area contributed by atoms with E-state index >= 15 is 0 Å². The average molecular weight is 385 g/mol. The molecular weight excluding hydrogens is 361 g/mol. The average Bonchev–Trinajstić information content (AvgIpc) is 2.73. The number of carbonyl (C=O) groups excluding carboxylic acids is 2. The second-order valence-corrected chi connectivity index (χ2v) is 6.50. The van der Waals surface area contributed by atoms with Gasteiger partial charge in [-0.2, -0.15) is 0 Å². The van der Waals surface area contributed by atoms with Crippen LogP contribution in [0.25, 0.3) is 0 Å². The van der Waals surface area contributed by atoms with Gasteiger partial charge in [0.2, 0.25) is 0 Å². The van der Waals surface area contributed by atoms with Crippen molar-refractivity contribution >= 4 is 17.7 Å². The molecule has 1 aliphatic rings. The predicted octanol–water partition coefficient (Wildman–Crippen LogP) is 3.03. The van der Waals surface area contributed by atoms with E-state index in [-0.39, 0.29) is 17.8 Å². The van der Waals surface area contributed by atoms with E-state index in [9.17, 15) is 14.0 Å². The summed E-state index contributed by atoms with van der Waals surface area (Å²) < 4.78 is 18.1. The first-order chi connectivity index (χ1) is 13.6. The van der Waals surface area contributed by atoms with Crippen LogP contribution in [-0.4, -0.2) is 49.7 Å². The molecule has 0 radical (unpaired) electrons. The van der Waals surface area contributed by atoms with Gasteiger partial charge in [0, 0.05) is 32.7 Å². The Hall–Kier alpha value is -3.09. The van der Waals surface area contributed by atoms with Crippen molar-refractivity contribution in [2.24, 2.45) is 0 Å². The summed E-state index contributed by atoms with van der Waals surface area (Å²) in [6.45, 7) is 4.81. The third-order valence-electron chi connectivity index (χ3n) is 4.66. The molecule has 1 saturated heterocycles. The minimum atomic E-state index is -0.336. The van der Waals surface area contributed by atoms with Gasteiger partial charge in [0.15, 0.2) is 0 Å². The fraction of sp³-hybridized carbons (Fsp3) is 0.333. The molecule has 0 saturated carbocycles. The van der Waals surface area contributed by atoms with E-state index in [2.05, 4.69) is 10.2 Å². The Morgan fingerprint density at radius 1 is 1.04 bits per heavy atom. The van der Waals surface area contributed by atoms with Crippen LogP contribution in [0.2, 0.25) is 0 Å². The smallest absolute Gasteiger partial charge is 0.340 e. The van der Waals surface area contributed by atoms with E-state index in [4.69, 9.17) is 4.74 Å². The third kappa shape index (κ3) is 4.79. The highest BCUT2D eigenvalue weighted by molar-refractivity contribution is 5.96. The van der Waals surface area contributed by atoms with Gasteiger partial charge >= 0.3 is 12.0 Å². The van der Waals surface area contributed by atoms with Gasteiger partial charge in [0.25, 0.3) is 0 Å². The van der Waals surface area contributed by atoms with Crippen LogP contribution in [0.3, 0.4) is 0 Å². The maximum absolute atomic E-state index is 12.9. The number of esters is 1. The highest BCUT2D eigenvalue weighted by atomic mass is 19.1. The number of carbonyl (C=O) groups is 2. The molecular formula is C21H24FN3O3. The van der Waals surface area contributed by atoms with Crippen molar-refractivity contribution < 1.29 is 18.7 Å². The lowest BCUT2D eigenvalue weighted by atomic mass is 10.1. The summed E-state index contributed by atoms with van der Waals surface area (Å²) in [7, 11) is 0. The molecule has 1 N–H and O–H groups in total. The topological polar surface area (TPSA) is 61.9 Å². The molecule has 3 rings (SSSR count). The first kappa shape index (κ1) is 19.7. The van der Waals surface area contributed by atoms with E-state index in [1.807, 2.05) is 18.2 Å². The van der Waals surface area contributed by atoms with E-state index in [1.165, 1.54) is 12.1 Å². The van der Waals surface area contributed by atoms with Gasteiger partial charge < -0.3 is 19.9 Å². The molecule has 0 aliphatic carbocycles. The van der Waals surface area contributed by atoms with Crippen LogP contribution in [-0.2, 0) is 11.3 Å². The van der Waals surface area contributed by atoms with Crippen LogP contribution in [0.15, 0.2) is 48.5 Å². The number of hydrogen-bond acceptors (Lipinski definition) is 4. The minimum Gasteiger partial charge on any atom is -0.462 e. The van der Waals surface area contributed by atoms with Crippen molar-refractivity contribution in [1.82, 2.24) is 10.2 Å². The van der Waals surface area contributed by atoms with Gasteiger partial charge in [-0.05, 0) is 36.8 Å². The molecule has 0 aromatic heterocycles. The molecule has 0 atom stereocenters. The van der Waals surface area contributed by atoms with Crippen molar-refractivity contribution in [3.63, 3.8) is 0 Å². The van der Waals surface area contributed by atoms with E-state index < -0.39 is 0 Å². The van der Waals surface area contributed by atoms with Gasteiger partial charge in [-0.1, -0.05) is 24.3 Å². The lowest BCUT2D eigenvalue weighted by molar-refractivity contribution is 0.0527. The zero-order valence-corrected chi connectivity index (χ0v) is 15.9. The maximum Gasteiger partial charge on any atom is 0.340 e. The van der Waals surface area contributed by atoms with Gasteiger partial charge in [0.1, 0.15) is 5.82 Å². The summed E-state index contributed by atoms with van der Waals surface area (Å²) >= 11 is 0. The maximum atomic E-state index is 12.9. The number of benzene rings is 2. The zero-order valence-electron chi connectivity index (χ0n) is 15.9. The number of halogens is 1. The molecule has 1 fully saturated rings. The molecule has 2 amide bonds. The normalized spacial score (nSPS) is 13.9. The summed E-state index contributed by atoms with van der Waals surface area (Å²) in [6, 6.07) is 13.3. The number of ether oxygens (including phenoxy) is 1. The quantitative estimate of drug-likeness (QED) is 0.804. The monoisotopic (exact) mass is 385 g/mol. The van der Waals surface area contributed by atoms with Crippen molar-refractivity contribution in [3.05, 3.63) is 65.5 Å². The minimum absolute atomic E-state index is 0.150. The van der Waals surface area contributed by atoms with Crippen LogP contribution in [0, 0.1) is 5.82 Å². The van der Waals surface area contributed by atoms with E-state index in [0.29, 0.717) is 44.9 Å². The molecule has 1 aliphatic heterocycles. The number of urea groups is 1. The summed E-state index contributed by atoms with van der Waals surface area (Å²) in [5.74, 6) is -0.633. The van der Waals surface area contributed by atoms with Gasteiger partial charge in [-0.3, -0.25) is 0 Å². The highest BCUT2D eigenvalue weighted by Crippen LogP contribution is 2.22. The van der Waals surface area contributed by atoms with E-state index in [0.717, 1.165) is 11.3 Å². The third-order valence-corrected chi connectivity index (χ3v) is 4.66. The van der Waals surface area contributed by atoms with Crippen LogP contribution >= 0.6 is 0 Å². The zero-order chi connectivity index (χ0) is 19.9. The SMILES string of the molecule is CCOC(=O)c1ccccc1N1CCN(C(=O)NCc2ccc(F)cc2)CC1. The molecule has 0 unspecified atom stereocenters. The predicted molar refractivity (Wildman–Crippen MR) is 105 cm³/mol. The fourth-order valence-corrected chi connectivity index (χ4v) is 3.17. The molecule has 2 aromatic carbocycles. The van der Waals surface area contributed by atoms with Gasteiger partial charge in [-0.25, -0.2) is 14.0 Å². The van der Waals surface area contributed by atoms with E-state index in [1.54, 1.807) is 30.0 Å².